The first-order valence-electron chi connectivity index (χ1n) is 5.86. The molecule has 0 amide bonds. The van der Waals surface area contributed by atoms with Crippen molar-refractivity contribution in [2.75, 3.05) is 0 Å². The number of nitrogens with zero attached hydrogens (tertiary/aromatic N) is 2. The fourth-order valence-electron chi connectivity index (χ4n) is 1.77. The smallest absolute Gasteiger partial charge is 0.311 e. The molecule has 1 aromatic rings. The zero-order valence-corrected chi connectivity index (χ0v) is 11.2. The van der Waals surface area contributed by atoms with Crippen LogP contribution in [0.25, 0.3) is 0 Å². The quantitative estimate of drug-likeness (QED) is 0.367. The fourth-order valence-corrected chi connectivity index (χ4v) is 1.77. The van der Waals surface area contributed by atoms with Gasteiger partial charge in [0.1, 0.15) is 6.42 Å². The van der Waals surface area contributed by atoms with Gasteiger partial charge >= 0.3 is 5.97 Å². The Morgan fingerprint density at radius 3 is 1.86 bits per heavy atom. The summed E-state index contributed by atoms with van der Waals surface area (Å²) in [5.74, 6) is -2.92. The minimum atomic E-state index is -1.52. The Kier molecular flexibility index (Phi) is 4.69. The van der Waals surface area contributed by atoms with Crippen molar-refractivity contribution >= 4 is 23.1 Å². The molecule has 0 unspecified atom stereocenters. The number of carbonyl (C=O) groups is 2. The minimum Gasteiger partial charge on any atom is -0.481 e. The molecule has 0 bridgehead atoms. The highest BCUT2D eigenvalue weighted by molar-refractivity contribution is 6.10. The number of rotatable bonds is 6. The molecule has 0 heterocycles. The van der Waals surface area contributed by atoms with Gasteiger partial charge in [0.05, 0.1) is 9.85 Å². The lowest BCUT2D eigenvalue weighted by molar-refractivity contribution is -0.394. The minimum absolute atomic E-state index is 0.231. The molecule has 21 heavy (non-hydrogen) atoms. The van der Waals surface area contributed by atoms with Gasteiger partial charge in [0.2, 0.25) is 0 Å². The van der Waals surface area contributed by atoms with E-state index in [0.29, 0.717) is 5.56 Å². The molecule has 0 saturated carbocycles. The highest BCUT2D eigenvalue weighted by Gasteiger charge is 2.33. The number of hydrogen-bond acceptors (Lipinski definition) is 6. The molecule has 1 rings (SSSR count). The molecule has 0 radical (unpaired) electrons. The van der Waals surface area contributed by atoms with Gasteiger partial charge < -0.3 is 5.11 Å². The molecule has 0 aliphatic heterocycles. The van der Waals surface area contributed by atoms with E-state index in [2.05, 4.69) is 0 Å². The molecule has 0 aromatic heterocycles. The molecule has 9 nitrogen and oxygen atoms in total. The van der Waals surface area contributed by atoms with Gasteiger partial charge in [-0.25, -0.2) is 0 Å². The van der Waals surface area contributed by atoms with Gasteiger partial charge in [-0.05, 0) is 11.5 Å². The lowest BCUT2D eigenvalue weighted by Crippen LogP contribution is -2.13. The number of hydrogen-bond donors (Lipinski definition) is 1. The molecule has 9 heteroatoms. The van der Waals surface area contributed by atoms with Crippen LogP contribution in [0.5, 0.6) is 0 Å². The zero-order valence-electron chi connectivity index (χ0n) is 11.2. The molecule has 0 fully saturated rings. The Hall–Kier alpha value is -2.84. The van der Waals surface area contributed by atoms with E-state index in [-0.39, 0.29) is 5.92 Å². The number of nitro groups is 2. The third-order valence-corrected chi connectivity index (χ3v) is 2.77. The molecule has 0 saturated heterocycles. The monoisotopic (exact) mass is 296 g/mol. The van der Waals surface area contributed by atoms with E-state index in [1.54, 1.807) is 13.8 Å². The van der Waals surface area contributed by atoms with Gasteiger partial charge in [-0.2, -0.15) is 0 Å². The maximum absolute atomic E-state index is 11.8. The fraction of sp³-hybridized carbons (Fsp3) is 0.333. The van der Waals surface area contributed by atoms with Crippen LogP contribution in [0.2, 0.25) is 0 Å². The van der Waals surface area contributed by atoms with E-state index >= 15 is 0 Å². The van der Waals surface area contributed by atoms with Crippen LogP contribution in [0.1, 0.15) is 42.1 Å². The second-order valence-electron chi connectivity index (χ2n) is 4.60. The van der Waals surface area contributed by atoms with Crippen LogP contribution in [0, 0.1) is 20.2 Å². The normalized spacial score (nSPS) is 10.4. The second-order valence-corrected chi connectivity index (χ2v) is 4.60. The Labute approximate surface area is 118 Å². The van der Waals surface area contributed by atoms with Crippen LogP contribution in [0.15, 0.2) is 12.1 Å². The maximum Gasteiger partial charge on any atom is 0.311 e. The molecule has 1 N–H and O–H groups in total. The lowest BCUT2D eigenvalue weighted by atomic mass is 9.96. The van der Waals surface area contributed by atoms with Crippen LogP contribution in [0.4, 0.5) is 11.4 Å². The molecule has 0 spiro atoms. The van der Waals surface area contributed by atoms with Gasteiger partial charge in [0, 0.05) is 12.1 Å². The summed E-state index contributed by atoms with van der Waals surface area (Å²) in [6.07, 6.45) is -1.05. The molecule has 0 atom stereocenters. The molecule has 112 valence electrons. The SMILES string of the molecule is CC(C)c1cc([N+](=O)[O-])c(C(=O)CC(=O)O)c([N+](=O)[O-])c1. The summed E-state index contributed by atoms with van der Waals surface area (Å²) in [5, 5.41) is 30.7. The Bertz CT molecular complexity index is 601. The first-order valence-corrected chi connectivity index (χ1v) is 5.86. The van der Waals surface area contributed by atoms with Crippen molar-refractivity contribution in [1.82, 2.24) is 0 Å². The number of nitro benzene ring substituents is 2. The highest BCUT2D eigenvalue weighted by Crippen LogP contribution is 2.34. The van der Waals surface area contributed by atoms with Crippen molar-refractivity contribution in [2.24, 2.45) is 0 Å². The summed E-state index contributed by atoms with van der Waals surface area (Å²) in [4.78, 5) is 42.6. The average Bonchev–Trinajstić information content (AvgIpc) is 2.35. The van der Waals surface area contributed by atoms with Gasteiger partial charge in [-0.15, -0.1) is 0 Å². The summed E-state index contributed by atoms with van der Waals surface area (Å²) < 4.78 is 0. The summed E-state index contributed by atoms with van der Waals surface area (Å²) in [5.41, 5.74) is -1.96. The molecule has 1 aromatic carbocycles. The third-order valence-electron chi connectivity index (χ3n) is 2.77. The van der Waals surface area contributed by atoms with E-state index in [1.807, 2.05) is 0 Å². The van der Waals surface area contributed by atoms with Crippen molar-refractivity contribution in [3.05, 3.63) is 43.5 Å². The standard InChI is InChI=1S/C12H12N2O7/c1-6(2)7-3-8(13(18)19)12(9(4-7)14(20)21)10(15)5-11(16)17/h3-4,6H,5H2,1-2H3,(H,16,17). The Morgan fingerprint density at radius 2 is 1.57 bits per heavy atom. The largest absolute Gasteiger partial charge is 0.481 e. The molecular weight excluding hydrogens is 284 g/mol. The van der Waals surface area contributed by atoms with Crippen LogP contribution in [0.3, 0.4) is 0 Å². The van der Waals surface area contributed by atoms with Crippen LogP contribution >= 0.6 is 0 Å². The first-order chi connectivity index (χ1) is 9.65. The van der Waals surface area contributed by atoms with Gasteiger partial charge in [0.15, 0.2) is 11.3 Å². The predicted molar refractivity (Wildman–Crippen MR) is 70.4 cm³/mol. The zero-order chi connectivity index (χ0) is 16.3. The maximum atomic E-state index is 11.8. The summed E-state index contributed by atoms with van der Waals surface area (Å²) in [7, 11) is 0. The lowest BCUT2D eigenvalue weighted by Gasteiger charge is -2.08. The van der Waals surface area contributed by atoms with Gasteiger partial charge in [0.25, 0.3) is 11.4 Å². The third kappa shape index (κ3) is 3.59. The number of ketones is 1. The van der Waals surface area contributed by atoms with E-state index in [0.717, 1.165) is 12.1 Å². The van der Waals surface area contributed by atoms with Crippen LogP contribution in [-0.4, -0.2) is 26.7 Å². The molecule has 0 aliphatic rings. The van der Waals surface area contributed by atoms with Crippen molar-refractivity contribution in [2.45, 2.75) is 26.2 Å². The number of carbonyl (C=O) groups excluding carboxylic acids is 1. The highest BCUT2D eigenvalue weighted by atomic mass is 16.6. The second kappa shape index (κ2) is 6.07. The number of carboxylic acids is 1. The van der Waals surface area contributed by atoms with E-state index in [4.69, 9.17) is 5.11 Å². The molecule has 0 aliphatic carbocycles. The van der Waals surface area contributed by atoms with Crippen LogP contribution in [-0.2, 0) is 4.79 Å². The summed E-state index contributed by atoms with van der Waals surface area (Å²) in [6, 6.07) is 2.12. The molecular formula is C12H12N2O7. The topological polar surface area (TPSA) is 141 Å². The van der Waals surface area contributed by atoms with E-state index in [1.165, 1.54) is 0 Å². The number of aliphatic carboxylic acids is 1. The number of benzene rings is 1. The summed E-state index contributed by atoms with van der Waals surface area (Å²) in [6.45, 7) is 3.36. The van der Waals surface area contributed by atoms with Gasteiger partial charge in [-0.3, -0.25) is 29.8 Å². The summed E-state index contributed by atoms with van der Waals surface area (Å²) >= 11 is 0. The van der Waals surface area contributed by atoms with Crippen molar-refractivity contribution < 1.29 is 24.5 Å². The van der Waals surface area contributed by atoms with E-state index in [9.17, 15) is 29.8 Å². The van der Waals surface area contributed by atoms with Crippen molar-refractivity contribution in [1.29, 1.82) is 0 Å². The van der Waals surface area contributed by atoms with Crippen molar-refractivity contribution in [3.8, 4) is 0 Å². The predicted octanol–water partition coefficient (Wildman–Crippen LogP) is 2.28. The van der Waals surface area contributed by atoms with Gasteiger partial charge in [-0.1, -0.05) is 13.8 Å². The number of Topliss-reactive ketones (excluding diaryl/α,β-unsaturated/α-hetero) is 1. The first kappa shape index (κ1) is 16.2. The van der Waals surface area contributed by atoms with E-state index < -0.39 is 45.0 Å². The van der Waals surface area contributed by atoms with Crippen molar-refractivity contribution in [3.63, 3.8) is 0 Å². The Morgan fingerprint density at radius 1 is 1.14 bits per heavy atom. The number of carboxylic acid groups (broad SMARTS) is 1. The van der Waals surface area contributed by atoms with Crippen LogP contribution < -0.4 is 0 Å². The average molecular weight is 296 g/mol. The Balaban J connectivity index is 3.65.